The lowest BCUT2D eigenvalue weighted by Crippen LogP contribution is -2.10. The number of benzene rings is 6. The first-order valence-corrected chi connectivity index (χ1v) is 10.7. The van der Waals surface area contributed by atoms with Crippen molar-refractivity contribution in [2.24, 2.45) is 0 Å². The SMILES string of the molecule is CC(C)(C)c1ccc(-c2ccc3c4cccc5cccc(c6cccc2c63)c54)cc1. The van der Waals surface area contributed by atoms with E-state index in [1.54, 1.807) is 0 Å². The minimum Gasteiger partial charge on any atom is -0.0610 e. The maximum atomic E-state index is 2.32. The number of hydrogen-bond donors (Lipinski definition) is 0. The van der Waals surface area contributed by atoms with Gasteiger partial charge in [-0.05, 0) is 65.2 Å². The molecule has 0 heterocycles. The third-order valence-electron chi connectivity index (χ3n) is 6.59. The summed E-state index contributed by atoms with van der Waals surface area (Å²) in [6.45, 7) is 6.80. The van der Waals surface area contributed by atoms with Gasteiger partial charge in [0, 0.05) is 0 Å². The summed E-state index contributed by atoms with van der Waals surface area (Å²) in [7, 11) is 0. The fourth-order valence-electron chi connectivity index (χ4n) is 5.05. The van der Waals surface area contributed by atoms with Gasteiger partial charge < -0.3 is 0 Å². The molecule has 0 radical (unpaired) electrons. The van der Waals surface area contributed by atoms with Crippen LogP contribution >= 0.6 is 0 Å². The van der Waals surface area contributed by atoms with E-state index in [9.17, 15) is 0 Å². The van der Waals surface area contributed by atoms with Crippen LogP contribution in [0.4, 0.5) is 0 Å². The Balaban J connectivity index is 1.72. The van der Waals surface area contributed by atoms with Gasteiger partial charge in [-0.25, -0.2) is 0 Å². The summed E-state index contributed by atoms with van der Waals surface area (Å²) in [4.78, 5) is 0. The number of rotatable bonds is 1. The molecule has 0 atom stereocenters. The van der Waals surface area contributed by atoms with Gasteiger partial charge in [0.1, 0.15) is 0 Å². The molecule has 0 nitrogen and oxygen atoms in total. The third kappa shape index (κ3) is 2.40. The van der Waals surface area contributed by atoms with E-state index in [1.165, 1.54) is 59.8 Å². The van der Waals surface area contributed by atoms with Crippen LogP contribution in [0, 0.1) is 0 Å². The predicted octanol–water partition coefficient (Wildman–Crippen LogP) is 8.70. The molecule has 6 rings (SSSR count). The molecule has 0 unspecified atom stereocenters. The largest absolute Gasteiger partial charge is 0.0610 e. The Bertz CT molecular complexity index is 1490. The third-order valence-corrected chi connectivity index (χ3v) is 6.59. The van der Waals surface area contributed by atoms with Gasteiger partial charge in [-0.1, -0.05) is 112 Å². The maximum Gasteiger partial charge on any atom is -0.00201 e. The number of hydrogen-bond acceptors (Lipinski definition) is 0. The molecular weight excluding hydrogens is 360 g/mol. The van der Waals surface area contributed by atoms with E-state index in [0.29, 0.717) is 0 Å². The zero-order chi connectivity index (χ0) is 20.5. The Hall–Kier alpha value is -3.38. The average Bonchev–Trinajstić information content (AvgIpc) is 2.76. The van der Waals surface area contributed by atoms with Crippen LogP contribution in [0.15, 0.2) is 91.0 Å². The van der Waals surface area contributed by atoms with Crippen molar-refractivity contribution in [3.63, 3.8) is 0 Å². The van der Waals surface area contributed by atoms with Crippen LogP contribution in [0.3, 0.4) is 0 Å². The Morgan fingerprint density at radius 1 is 0.467 bits per heavy atom. The van der Waals surface area contributed by atoms with Crippen LogP contribution < -0.4 is 0 Å². The van der Waals surface area contributed by atoms with Crippen molar-refractivity contribution in [1.29, 1.82) is 0 Å². The van der Waals surface area contributed by atoms with Gasteiger partial charge in [0.25, 0.3) is 0 Å². The zero-order valence-electron chi connectivity index (χ0n) is 17.7. The molecule has 30 heavy (non-hydrogen) atoms. The van der Waals surface area contributed by atoms with Crippen molar-refractivity contribution >= 4 is 43.1 Å². The van der Waals surface area contributed by atoms with Gasteiger partial charge in [0.2, 0.25) is 0 Å². The summed E-state index contributed by atoms with van der Waals surface area (Å²) in [5, 5.41) is 10.8. The van der Waals surface area contributed by atoms with E-state index in [4.69, 9.17) is 0 Å². The molecule has 0 aromatic heterocycles. The molecule has 6 aromatic rings. The highest BCUT2D eigenvalue weighted by molar-refractivity contribution is 6.34. The fourth-order valence-corrected chi connectivity index (χ4v) is 5.05. The molecule has 0 spiro atoms. The van der Waals surface area contributed by atoms with Crippen molar-refractivity contribution in [2.45, 2.75) is 26.2 Å². The topological polar surface area (TPSA) is 0 Å². The van der Waals surface area contributed by atoms with Crippen LogP contribution in [0.2, 0.25) is 0 Å². The van der Waals surface area contributed by atoms with Crippen LogP contribution in [0.5, 0.6) is 0 Å². The zero-order valence-corrected chi connectivity index (χ0v) is 17.7. The predicted molar refractivity (Wildman–Crippen MR) is 132 cm³/mol. The molecule has 0 amide bonds. The van der Waals surface area contributed by atoms with Crippen molar-refractivity contribution < 1.29 is 0 Å². The van der Waals surface area contributed by atoms with Crippen LogP contribution in [-0.4, -0.2) is 0 Å². The molecule has 0 aliphatic carbocycles. The standard InChI is InChI=1S/C30H24/c1-30(2,3)21-15-13-19(14-16-21)22-17-18-27-25-10-5-8-20-7-4-9-24(28(20)25)26-12-6-11-23(22)29(26)27/h4-18H,1-3H3. The highest BCUT2D eigenvalue weighted by atomic mass is 14.2. The van der Waals surface area contributed by atoms with E-state index in [0.717, 1.165) is 0 Å². The summed E-state index contributed by atoms with van der Waals surface area (Å²) < 4.78 is 0. The van der Waals surface area contributed by atoms with Gasteiger partial charge in [-0.15, -0.1) is 0 Å². The molecule has 0 N–H and O–H groups in total. The van der Waals surface area contributed by atoms with Crippen molar-refractivity contribution in [1.82, 2.24) is 0 Å². The van der Waals surface area contributed by atoms with E-state index >= 15 is 0 Å². The van der Waals surface area contributed by atoms with Gasteiger partial charge >= 0.3 is 0 Å². The molecule has 0 heteroatoms. The van der Waals surface area contributed by atoms with Crippen molar-refractivity contribution in [3.05, 3.63) is 96.6 Å². The van der Waals surface area contributed by atoms with E-state index in [1.807, 2.05) is 0 Å². The van der Waals surface area contributed by atoms with E-state index in [2.05, 4.69) is 112 Å². The first kappa shape index (κ1) is 17.5. The number of fused-ring (bicyclic) bond motifs is 2. The van der Waals surface area contributed by atoms with Gasteiger partial charge in [-0.2, -0.15) is 0 Å². The molecular formula is C30H24. The van der Waals surface area contributed by atoms with Gasteiger partial charge in [-0.3, -0.25) is 0 Å². The second-order valence-corrected chi connectivity index (χ2v) is 9.43. The first-order chi connectivity index (χ1) is 14.5. The summed E-state index contributed by atoms with van der Waals surface area (Å²) in [5.74, 6) is 0. The smallest absolute Gasteiger partial charge is 0.00201 e. The monoisotopic (exact) mass is 384 g/mol. The molecule has 0 saturated heterocycles. The van der Waals surface area contributed by atoms with E-state index < -0.39 is 0 Å². The van der Waals surface area contributed by atoms with Crippen molar-refractivity contribution in [3.8, 4) is 11.1 Å². The van der Waals surface area contributed by atoms with E-state index in [-0.39, 0.29) is 5.41 Å². The lowest BCUT2D eigenvalue weighted by atomic mass is 9.85. The molecule has 144 valence electrons. The summed E-state index contributed by atoms with van der Waals surface area (Å²) in [5.41, 5.74) is 4.13. The minimum atomic E-state index is 0.168. The summed E-state index contributed by atoms with van der Waals surface area (Å²) in [6.07, 6.45) is 0. The fraction of sp³-hybridized carbons (Fsp3) is 0.133. The summed E-state index contributed by atoms with van der Waals surface area (Å²) in [6, 6.07) is 33.9. The van der Waals surface area contributed by atoms with Crippen LogP contribution in [0.1, 0.15) is 26.3 Å². The minimum absolute atomic E-state index is 0.168. The second kappa shape index (κ2) is 6.06. The first-order valence-electron chi connectivity index (χ1n) is 10.7. The Morgan fingerprint density at radius 3 is 1.63 bits per heavy atom. The Morgan fingerprint density at radius 2 is 1.00 bits per heavy atom. The summed E-state index contributed by atoms with van der Waals surface area (Å²) >= 11 is 0. The highest BCUT2D eigenvalue weighted by Crippen LogP contribution is 2.43. The lowest BCUT2D eigenvalue weighted by molar-refractivity contribution is 0.590. The quantitative estimate of drug-likeness (QED) is 0.196. The van der Waals surface area contributed by atoms with Crippen LogP contribution in [-0.2, 0) is 5.41 Å². The van der Waals surface area contributed by atoms with Crippen LogP contribution in [0.25, 0.3) is 54.2 Å². The maximum absolute atomic E-state index is 2.32. The highest BCUT2D eigenvalue weighted by Gasteiger charge is 2.16. The Labute approximate surface area is 177 Å². The van der Waals surface area contributed by atoms with Crippen molar-refractivity contribution in [2.75, 3.05) is 0 Å². The van der Waals surface area contributed by atoms with Gasteiger partial charge in [0.05, 0.1) is 0 Å². The normalized spacial score (nSPS) is 12.5. The molecule has 6 aromatic carbocycles. The lowest BCUT2D eigenvalue weighted by Gasteiger charge is -2.20. The molecule has 0 aliphatic rings. The Kier molecular flexibility index (Phi) is 3.53. The second-order valence-electron chi connectivity index (χ2n) is 9.43. The van der Waals surface area contributed by atoms with Gasteiger partial charge in [0.15, 0.2) is 0 Å². The molecule has 0 fully saturated rings. The average molecular weight is 385 g/mol. The molecule has 0 aliphatic heterocycles. The molecule has 0 saturated carbocycles. The molecule has 0 bridgehead atoms.